The molecule has 0 saturated heterocycles. The van der Waals surface area contributed by atoms with Crippen molar-refractivity contribution in [2.75, 3.05) is 0 Å². The maximum absolute atomic E-state index is 13.8. The Morgan fingerprint density at radius 2 is 2.30 bits per heavy atom. The minimum Gasteiger partial charge on any atom is -0.409 e. The molecule has 0 spiro atoms. The summed E-state index contributed by atoms with van der Waals surface area (Å²) in [6, 6.07) is 4.36. The highest BCUT2D eigenvalue weighted by Crippen LogP contribution is 2.10. The highest BCUT2D eigenvalue weighted by atomic mass is 19.1. The molecule has 0 bridgehead atoms. The minimum absolute atomic E-state index is 0.134. The van der Waals surface area contributed by atoms with Crippen LogP contribution in [0.15, 0.2) is 27.9 Å². The lowest BCUT2D eigenvalue weighted by atomic mass is 10.1. The van der Waals surface area contributed by atoms with Gasteiger partial charge in [0.2, 0.25) is 5.89 Å². The lowest BCUT2D eigenvalue weighted by molar-refractivity contribution is 0.318. The van der Waals surface area contributed by atoms with Crippen molar-refractivity contribution in [1.29, 1.82) is 0 Å². The average Bonchev–Trinajstić information content (AvgIpc) is 2.85. The number of aryl methyl sites for hydroxylation is 1. The van der Waals surface area contributed by atoms with Crippen LogP contribution in [0.2, 0.25) is 0 Å². The summed E-state index contributed by atoms with van der Waals surface area (Å²) in [5.74, 6) is 0.420. The fourth-order valence-corrected chi connectivity index (χ4v) is 1.63. The van der Waals surface area contributed by atoms with Gasteiger partial charge in [0.25, 0.3) is 0 Å². The van der Waals surface area contributed by atoms with E-state index in [0.29, 0.717) is 35.9 Å². The second-order valence-corrected chi connectivity index (χ2v) is 4.12. The van der Waals surface area contributed by atoms with Crippen LogP contribution in [0, 0.1) is 12.7 Å². The van der Waals surface area contributed by atoms with Crippen molar-refractivity contribution in [3.05, 3.63) is 46.9 Å². The summed E-state index contributed by atoms with van der Waals surface area (Å²) in [5.41, 5.74) is 6.16. The van der Waals surface area contributed by atoms with Gasteiger partial charge in [-0.25, -0.2) is 4.39 Å². The molecular weight excluding hydrogens is 265 g/mol. The van der Waals surface area contributed by atoms with Crippen LogP contribution in [0.25, 0.3) is 0 Å². The van der Waals surface area contributed by atoms with E-state index in [9.17, 15) is 4.39 Å². The second kappa shape index (κ2) is 6.11. The van der Waals surface area contributed by atoms with Crippen LogP contribution < -0.4 is 11.1 Å². The number of nitrogens with two attached hydrogens (primary N) is 1. The summed E-state index contributed by atoms with van der Waals surface area (Å²) in [6.07, 6.45) is 0. The maximum atomic E-state index is 13.8. The van der Waals surface area contributed by atoms with Crippen molar-refractivity contribution in [2.45, 2.75) is 20.0 Å². The molecule has 0 fully saturated rings. The maximum Gasteiger partial charge on any atom is 0.223 e. The van der Waals surface area contributed by atoms with Crippen LogP contribution in [-0.2, 0) is 13.1 Å². The molecule has 0 aliphatic heterocycles. The summed E-state index contributed by atoms with van der Waals surface area (Å²) < 4.78 is 18.6. The zero-order valence-corrected chi connectivity index (χ0v) is 10.8. The Morgan fingerprint density at radius 3 is 2.90 bits per heavy atom. The number of nitrogens with zero attached hydrogens (tertiary/aromatic N) is 3. The Kier molecular flexibility index (Phi) is 4.26. The molecule has 8 heteroatoms. The zero-order chi connectivity index (χ0) is 14.5. The quantitative estimate of drug-likeness (QED) is 0.325. The van der Waals surface area contributed by atoms with E-state index in [-0.39, 0.29) is 5.84 Å². The second-order valence-electron chi connectivity index (χ2n) is 4.12. The summed E-state index contributed by atoms with van der Waals surface area (Å²) in [7, 11) is 0. The molecule has 0 unspecified atom stereocenters. The molecular formula is C12H14FN5O2. The molecule has 0 aliphatic rings. The molecule has 4 N–H and O–H groups in total. The van der Waals surface area contributed by atoms with Crippen LogP contribution in [0.4, 0.5) is 4.39 Å². The molecule has 20 heavy (non-hydrogen) atoms. The van der Waals surface area contributed by atoms with E-state index in [1.807, 2.05) is 0 Å². The SMILES string of the molecule is Cc1nc(CNCc2ccc(/C(N)=N/O)cc2F)no1. The first kappa shape index (κ1) is 13.9. The standard InChI is InChI=1S/C12H14FN5O2/c1-7-16-11(18-20-7)6-15-5-9-3-2-8(4-10(9)13)12(14)17-19/h2-4,15,19H,5-6H2,1H3,(H2,14,17). The fourth-order valence-electron chi connectivity index (χ4n) is 1.63. The van der Waals surface area contributed by atoms with Crippen LogP contribution >= 0.6 is 0 Å². The predicted molar refractivity (Wildman–Crippen MR) is 68.5 cm³/mol. The first-order valence-electron chi connectivity index (χ1n) is 5.86. The number of halogens is 1. The van der Waals surface area contributed by atoms with Crippen molar-refractivity contribution in [2.24, 2.45) is 10.9 Å². The highest BCUT2D eigenvalue weighted by Gasteiger charge is 2.07. The average molecular weight is 279 g/mol. The number of oxime groups is 1. The first-order chi connectivity index (χ1) is 9.60. The monoisotopic (exact) mass is 279 g/mol. The van der Waals surface area contributed by atoms with E-state index < -0.39 is 5.82 Å². The van der Waals surface area contributed by atoms with E-state index >= 15 is 0 Å². The third-order valence-corrected chi connectivity index (χ3v) is 2.62. The topological polar surface area (TPSA) is 110 Å². The van der Waals surface area contributed by atoms with Crippen molar-refractivity contribution in [1.82, 2.24) is 15.5 Å². The Morgan fingerprint density at radius 1 is 1.50 bits per heavy atom. The van der Waals surface area contributed by atoms with Crippen molar-refractivity contribution >= 4 is 5.84 Å². The fraction of sp³-hybridized carbons (Fsp3) is 0.250. The van der Waals surface area contributed by atoms with Gasteiger partial charge >= 0.3 is 0 Å². The van der Waals surface area contributed by atoms with E-state index in [0.717, 1.165) is 0 Å². The van der Waals surface area contributed by atoms with E-state index in [1.165, 1.54) is 6.07 Å². The highest BCUT2D eigenvalue weighted by molar-refractivity contribution is 5.97. The smallest absolute Gasteiger partial charge is 0.223 e. The van der Waals surface area contributed by atoms with Crippen molar-refractivity contribution in [3.63, 3.8) is 0 Å². The van der Waals surface area contributed by atoms with Crippen LogP contribution in [-0.4, -0.2) is 21.2 Å². The molecule has 7 nitrogen and oxygen atoms in total. The van der Waals surface area contributed by atoms with Gasteiger partial charge < -0.3 is 20.8 Å². The van der Waals surface area contributed by atoms with Gasteiger partial charge in [0.15, 0.2) is 11.7 Å². The summed E-state index contributed by atoms with van der Waals surface area (Å²) in [5, 5.41) is 18.1. The molecule has 0 radical (unpaired) electrons. The summed E-state index contributed by atoms with van der Waals surface area (Å²) >= 11 is 0. The zero-order valence-electron chi connectivity index (χ0n) is 10.8. The van der Waals surface area contributed by atoms with Crippen molar-refractivity contribution < 1.29 is 14.1 Å². The number of hydrogen-bond donors (Lipinski definition) is 3. The lowest BCUT2D eigenvalue weighted by Gasteiger charge is -2.06. The predicted octanol–water partition coefficient (Wildman–Crippen LogP) is 0.901. The number of aromatic nitrogens is 2. The van der Waals surface area contributed by atoms with Gasteiger partial charge in [-0.05, 0) is 6.07 Å². The van der Waals surface area contributed by atoms with Crippen LogP contribution in [0.3, 0.4) is 0 Å². The third-order valence-electron chi connectivity index (χ3n) is 2.62. The van der Waals surface area contributed by atoms with Gasteiger partial charge in [0.05, 0.1) is 6.54 Å². The number of amidine groups is 1. The van der Waals surface area contributed by atoms with E-state index in [2.05, 4.69) is 20.6 Å². The van der Waals surface area contributed by atoms with E-state index in [1.54, 1.807) is 19.1 Å². The lowest BCUT2D eigenvalue weighted by Crippen LogP contribution is -2.16. The Balaban J connectivity index is 1.96. The molecule has 1 aromatic heterocycles. The number of rotatable bonds is 5. The minimum atomic E-state index is -0.439. The molecule has 1 aromatic carbocycles. The Hall–Kier alpha value is -2.48. The largest absolute Gasteiger partial charge is 0.409 e. The van der Waals surface area contributed by atoms with Gasteiger partial charge in [-0.2, -0.15) is 4.98 Å². The van der Waals surface area contributed by atoms with Gasteiger partial charge in [-0.3, -0.25) is 0 Å². The number of benzene rings is 1. The van der Waals surface area contributed by atoms with Gasteiger partial charge in [-0.15, -0.1) is 0 Å². The molecule has 0 atom stereocenters. The molecule has 2 rings (SSSR count). The van der Waals surface area contributed by atoms with Crippen molar-refractivity contribution in [3.8, 4) is 0 Å². The van der Waals surface area contributed by atoms with Gasteiger partial charge in [-0.1, -0.05) is 22.4 Å². The van der Waals surface area contributed by atoms with Crippen LogP contribution in [0.1, 0.15) is 22.8 Å². The third kappa shape index (κ3) is 3.29. The summed E-state index contributed by atoms with van der Waals surface area (Å²) in [6.45, 7) is 2.37. The van der Waals surface area contributed by atoms with Gasteiger partial charge in [0, 0.05) is 24.6 Å². The molecule has 2 aromatic rings. The Bertz CT molecular complexity index is 626. The molecule has 0 amide bonds. The van der Waals surface area contributed by atoms with E-state index in [4.69, 9.17) is 15.5 Å². The number of hydrogen-bond acceptors (Lipinski definition) is 6. The molecule has 0 aliphatic carbocycles. The van der Waals surface area contributed by atoms with Gasteiger partial charge in [0.1, 0.15) is 5.82 Å². The van der Waals surface area contributed by atoms with Crippen LogP contribution in [0.5, 0.6) is 0 Å². The number of nitrogens with one attached hydrogen (secondary N) is 1. The normalized spacial score (nSPS) is 11.8. The molecule has 1 heterocycles. The molecule has 0 saturated carbocycles. The Labute approximate surface area is 114 Å². The first-order valence-corrected chi connectivity index (χ1v) is 5.86. The molecule has 106 valence electrons. The summed E-state index contributed by atoms with van der Waals surface area (Å²) in [4.78, 5) is 4.02.